The summed E-state index contributed by atoms with van der Waals surface area (Å²) in [6.07, 6.45) is 0. The first-order valence-electron chi connectivity index (χ1n) is 9.37. The topological polar surface area (TPSA) is 94.6 Å². The third-order valence-electron chi connectivity index (χ3n) is 4.62. The van der Waals surface area contributed by atoms with Gasteiger partial charge in [-0.2, -0.15) is 5.26 Å². The molecule has 1 aliphatic rings. The number of benzene rings is 2. The second-order valence-electron chi connectivity index (χ2n) is 6.60. The molecule has 0 aliphatic carbocycles. The number of hydrogen-bond donors (Lipinski definition) is 1. The van der Waals surface area contributed by atoms with Gasteiger partial charge in [0.1, 0.15) is 35.6 Å². The van der Waals surface area contributed by atoms with E-state index in [0.29, 0.717) is 17.1 Å². The number of carbonyl (C=O) groups excluding carboxylic acids is 1. The van der Waals surface area contributed by atoms with Crippen molar-refractivity contribution in [3.63, 3.8) is 0 Å². The van der Waals surface area contributed by atoms with Crippen LogP contribution in [0.1, 0.15) is 30.9 Å². The minimum Gasteiger partial charge on any atom is -0.489 e. The Hall–Kier alpha value is -3.79. The largest absolute Gasteiger partial charge is 0.489 e. The molecule has 7 heteroatoms. The van der Waals surface area contributed by atoms with Crippen molar-refractivity contribution < 1.29 is 23.4 Å². The van der Waals surface area contributed by atoms with Crippen molar-refractivity contribution in [2.75, 3.05) is 6.61 Å². The van der Waals surface area contributed by atoms with E-state index < -0.39 is 11.9 Å². The van der Waals surface area contributed by atoms with Crippen LogP contribution >= 0.6 is 0 Å². The Morgan fingerprint density at radius 1 is 1.27 bits per heavy atom. The molecule has 0 bridgehead atoms. The summed E-state index contributed by atoms with van der Waals surface area (Å²) >= 11 is 0. The molecule has 0 aromatic heterocycles. The molecule has 1 atom stereocenters. The van der Waals surface area contributed by atoms with E-state index in [1.807, 2.05) is 18.2 Å². The van der Waals surface area contributed by atoms with Crippen molar-refractivity contribution in [3.8, 4) is 11.8 Å². The zero-order chi connectivity index (χ0) is 21.7. The Kier molecular flexibility index (Phi) is 6.38. The lowest BCUT2D eigenvalue weighted by Crippen LogP contribution is -2.25. The maximum atomic E-state index is 13.3. The van der Waals surface area contributed by atoms with E-state index in [-0.39, 0.29) is 36.1 Å². The van der Waals surface area contributed by atoms with Crippen molar-refractivity contribution in [1.29, 1.82) is 5.26 Å². The quantitative estimate of drug-likeness (QED) is 0.725. The highest BCUT2D eigenvalue weighted by atomic mass is 19.1. The molecular formula is C23H21FN2O4. The van der Waals surface area contributed by atoms with Crippen LogP contribution in [0.3, 0.4) is 0 Å². The molecule has 2 aromatic rings. The Bertz CT molecular complexity index is 1050. The van der Waals surface area contributed by atoms with Gasteiger partial charge in [0.15, 0.2) is 0 Å². The lowest BCUT2D eigenvalue weighted by molar-refractivity contribution is -0.139. The molecule has 0 saturated carbocycles. The van der Waals surface area contributed by atoms with Crippen LogP contribution in [0.15, 0.2) is 71.3 Å². The molecular weight excluding hydrogens is 387 g/mol. The summed E-state index contributed by atoms with van der Waals surface area (Å²) in [6, 6.07) is 15.1. The van der Waals surface area contributed by atoms with Gasteiger partial charge in [0.25, 0.3) is 0 Å². The molecule has 1 heterocycles. The first-order chi connectivity index (χ1) is 14.4. The zero-order valence-corrected chi connectivity index (χ0v) is 16.6. The number of ether oxygens (including phenoxy) is 3. The van der Waals surface area contributed by atoms with Gasteiger partial charge >= 0.3 is 5.97 Å². The van der Waals surface area contributed by atoms with E-state index >= 15 is 0 Å². The Labute approximate surface area is 174 Å². The van der Waals surface area contributed by atoms with Crippen molar-refractivity contribution in [2.24, 2.45) is 5.73 Å². The molecule has 2 N–H and O–H groups in total. The van der Waals surface area contributed by atoms with Crippen LogP contribution in [0, 0.1) is 17.1 Å². The number of allylic oxidation sites excluding steroid dienone is 2. The highest BCUT2D eigenvalue weighted by Gasteiger charge is 2.36. The van der Waals surface area contributed by atoms with Crippen molar-refractivity contribution >= 4 is 5.97 Å². The van der Waals surface area contributed by atoms with Gasteiger partial charge < -0.3 is 19.9 Å². The summed E-state index contributed by atoms with van der Waals surface area (Å²) < 4.78 is 29.4. The first kappa shape index (κ1) is 20.9. The summed E-state index contributed by atoms with van der Waals surface area (Å²) in [5.41, 5.74) is 7.81. The summed E-state index contributed by atoms with van der Waals surface area (Å²) in [5, 5.41) is 9.60. The van der Waals surface area contributed by atoms with Gasteiger partial charge in [-0.3, -0.25) is 0 Å². The highest BCUT2D eigenvalue weighted by Crippen LogP contribution is 2.39. The SMILES string of the molecule is CCOC(=O)C1=C(C)OC(N)=C(C#N)C1c1ccc(COc2cccc(F)c2)cc1. The van der Waals surface area contributed by atoms with Gasteiger partial charge in [-0.1, -0.05) is 30.3 Å². The molecule has 2 aromatic carbocycles. The van der Waals surface area contributed by atoms with Gasteiger partial charge in [-0.05, 0) is 37.1 Å². The Balaban J connectivity index is 1.86. The Morgan fingerprint density at radius 3 is 2.63 bits per heavy atom. The van der Waals surface area contributed by atoms with Crippen LogP contribution in [-0.4, -0.2) is 12.6 Å². The maximum Gasteiger partial charge on any atom is 0.338 e. The number of carbonyl (C=O) groups is 1. The fraction of sp³-hybridized carbons (Fsp3) is 0.217. The van der Waals surface area contributed by atoms with Crippen LogP contribution in [0.25, 0.3) is 0 Å². The van der Waals surface area contributed by atoms with E-state index in [9.17, 15) is 14.4 Å². The zero-order valence-electron chi connectivity index (χ0n) is 16.6. The minimum atomic E-state index is -0.694. The Morgan fingerprint density at radius 2 is 2.00 bits per heavy atom. The van der Waals surface area contributed by atoms with E-state index in [1.54, 1.807) is 38.1 Å². The molecule has 1 aliphatic heterocycles. The second-order valence-corrected chi connectivity index (χ2v) is 6.60. The molecule has 30 heavy (non-hydrogen) atoms. The first-order valence-corrected chi connectivity index (χ1v) is 9.37. The lowest BCUT2D eigenvalue weighted by Gasteiger charge is -2.27. The average molecular weight is 408 g/mol. The number of hydrogen-bond acceptors (Lipinski definition) is 6. The maximum absolute atomic E-state index is 13.3. The normalized spacial score (nSPS) is 16.0. The van der Waals surface area contributed by atoms with E-state index in [0.717, 1.165) is 5.56 Å². The standard InChI is InChI=1S/C23H21FN2O4/c1-3-28-23(27)20-14(2)30-22(26)19(12-25)21(20)16-9-7-15(8-10-16)13-29-18-6-4-5-17(24)11-18/h4-11,21H,3,13,26H2,1-2H3. The van der Waals surface area contributed by atoms with Crippen molar-refractivity contribution in [3.05, 3.63) is 88.3 Å². The molecule has 0 radical (unpaired) electrons. The summed E-state index contributed by atoms with van der Waals surface area (Å²) in [4.78, 5) is 12.5. The number of halogens is 1. The number of esters is 1. The molecule has 0 spiro atoms. The predicted molar refractivity (Wildman–Crippen MR) is 107 cm³/mol. The van der Waals surface area contributed by atoms with Gasteiger partial charge in [0.2, 0.25) is 5.88 Å². The van der Waals surface area contributed by atoms with Gasteiger partial charge in [-0.25, -0.2) is 9.18 Å². The fourth-order valence-corrected chi connectivity index (χ4v) is 3.22. The van der Waals surface area contributed by atoms with E-state index in [2.05, 4.69) is 0 Å². The van der Waals surface area contributed by atoms with Crippen molar-refractivity contribution in [1.82, 2.24) is 0 Å². The minimum absolute atomic E-state index is 0.0356. The monoisotopic (exact) mass is 408 g/mol. The fourth-order valence-electron chi connectivity index (χ4n) is 3.22. The van der Waals surface area contributed by atoms with Gasteiger partial charge in [0.05, 0.1) is 18.1 Å². The van der Waals surface area contributed by atoms with Gasteiger partial charge in [-0.15, -0.1) is 0 Å². The van der Waals surface area contributed by atoms with Crippen LogP contribution in [0.5, 0.6) is 5.75 Å². The number of nitriles is 1. The smallest absolute Gasteiger partial charge is 0.338 e. The molecule has 154 valence electrons. The lowest BCUT2D eigenvalue weighted by atomic mass is 9.83. The molecule has 0 saturated heterocycles. The summed E-state index contributed by atoms with van der Waals surface area (Å²) in [6.45, 7) is 3.75. The van der Waals surface area contributed by atoms with Crippen LogP contribution in [0.2, 0.25) is 0 Å². The third kappa shape index (κ3) is 4.44. The molecule has 3 rings (SSSR count). The summed E-state index contributed by atoms with van der Waals surface area (Å²) in [5.74, 6) is -0.932. The predicted octanol–water partition coefficient (Wildman–Crippen LogP) is 4.05. The van der Waals surface area contributed by atoms with Crippen LogP contribution < -0.4 is 10.5 Å². The number of rotatable bonds is 6. The van der Waals surface area contributed by atoms with E-state index in [1.165, 1.54) is 12.1 Å². The molecule has 1 unspecified atom stereocenters. The number of nitrogens with two attached hydrogens (primary N) is 1. The molecule has 6 nitrogen and oxygen atoms in total. The third-order valence-corrected chi connectivity index (χ3v) is 4.62. The number of nitrogens with zero attached hydrogens (tertiary/aromatic N) is 1. The van der Waals surface area contributed by atoms with E-state index in [4.69, 9.17) is 19.9 Å². The van der Waals surface area contributed by atoms with Crippen molar-refractivity contribution in [2.45, 2.75) is 26.4 Å². The highest BCUT2D eigenvalue weighted by molar-refractivity contribution is 5.92. The van der Waals surface area contributed by atoms with Gasteiger partial charge in [0, 0.05) is 6.07 Å². The second kappa shape index (κ2) is 9.14. The van der Waals surface area contributed by atoms with Crippen LogP contribution in [0.4, 0.5) is 4.39 Å². The summed E-state index contributed by atoms with van der Waals surface area (Å²) in [7, 11) is 0. The molecule has 0 fully saturated rings. The van der Waals surface area contributed by atoms with Crippen LogP contribution in [-0.2, 0) is 20.9 Å². The average Bonchev–Trinajstić information content (AvgIpc) is 2.72. The molecule has 0 amide bonds.